The number of furan rings is 1. The molecule has 3 heterocycles. The van der Waals surface area contributed by atoms with Crippen LogP contribution in [0, 0.1) is 0 Å². The number of carboxylic acid groups (broad SMARTS) is 1. The van der Waals surface area contributed by atoms with Gasteiger partial charge in [0, 0.05) is 10.3 Å². The van der Waals surface area contributed by atoms with E-state index in [2.05, 4.69) is 10.1 Å². The Morgan fingerprint density at radius 2 is 2.40 bits per heavy atom. The van der Waals surface area contributed by atoms with Crippen molar-refractivity contribution in [1.82, 2.24) is 10.1 Å². The highest BCUT2D eigenvalue weighted by Gasteiger charge is 2.12. The van der Waals surface area contributed by atoms with Crippen molar-refractivity contribution in [3.8, 4) is 11.7 Å². The first kappa shape index (κ1) is 12.9. The van der Waals surface area contributed by atoms with E-state index in [1.165, 1.54) is 29.4 Å². The van der Waals surface area contributed by atoms with Gasteiger partial charge in [-0.05, 0) is 18.2 Å². The molecule has 6 nitrogen and oxygen atoms in total. The van der Waals surface area contributed by atoms with Gasteiger partial charge in [0.05, 0.1) is 12.0 Å². The van der Waals surface area contributed by atoms with E-state index in [9.17, 15) is 4.79 Å². The van der Waals surface area contributed by atoms with Gasteiger partial charge in [-0.3, -0.25) is 0 Å². The molecular weight excluding hydrogens is 300 g/mol. The molecule has 3 rings (SSSR count). The van der Waals surface area contributed by atoms with Crippen LogP contribution in [0.4, 0.5) is 0 Å². The quantitative estimate of drug-likeness (QED) is 0.722. The molecule has 0 amide bonds. The molecule has 0 aromatic carbocycles. The van der Waals surface area contributed by atoms with Crippen LogP contribution < -0.4 is 0 Å². The van der Waals surface area contributed by atoms with Gasteiger partial charge in [-0.15, -0.1) is 23.1 Å². The Balaban J connectivity index is 1.65. The number of aromatic nitrogens is 2. The molecule has 0 aliphatic rings. The number of hydrogen-bond donors (Lipinski definition) is 1. The monoisotopic (exact) mass is 308 g/mol. The van der Waals surface area contributed by atoms with Gasteiger partial charge in [-0.25, -0.2) is 4.79 Å². The fraction of sp³-hybridized carbons (Fsp3) is 0.0833. The second-order valence-corrected chi connectivity index (χ2v) is 5.69. The molecule has 20 heavy (non-hydrogen) atoms. The minimum absolute atomic E-state index is 0.317. The van der Waals surface area contributed by atoms with Gasteiger partial charge < -0.3 is 14.0 Å². The van der Waals surface area contributed by atoms with E-state index in [1.807, 2.05) is 0 Å². The molecule has 3 aromatic rings. The van der Waals surface area contributed by atoms with Crippen molar-refractivity contribution in [2.75, 3.05) is 0 Å². The second-order valence-electron chi connectivity index (χ2n) is 3.73. The van der Waals surface area contributed by atoms with Gasteiger partial charge >= 0.3 is 5.97 Å². The molecule has 0 saturated heterocycles. The number of hydrogen-bond acceptors (Lipinski definition) is 7. The van der Waals surface area contributed by atoms with E-state index >= 15 is 0 Å². The van der Waals surface area contributed by atoms with Crippen LogP contribution in [0.3, 0.4) is 0 Å². The summed E-state index contributed by atoms with van der Waals surface area (Å²) in [5, 5.41) is 14.5. The smallest absolute Gasteiger partial charge is 0.345 e. The summed E-state index contributed by atoms with van der Waals surface area (Å²) in [4.78, 5) is 16.2. The van der Waals surface area contributed by atoms with Crippen molar-refractivity contribution in [3.63, 3.8) is 0 Å². The van der Waals surface area contributed by atoms with Crippen molar-refractivity contribution in [2.24, 2.45) is 0 Å². The minimum Gasteiger partial charge on any atom is -0.477 e. The van der Waals surface area contributed by atoms with E-state index in [-0.39, 0.29) is 0 Å². The number of carbonyl (C=O) groups is 1. The van der Waals surface area contributed by atoms with Gasteiger partial charge in [0.15, 0.2) is 11.6 Å². The van der Waals surface area contributed by atoms with Crippen LogP contribution in [0.1, 0.15) is 15.5 Å². The Bertz CT molecular complexity index is 717. The Labute approximate surface area is 121 Å². The average molecular weight is 308 g/mol. The Morgan fingerprint density at radius 3 is 3.10 bits per heavy atom. The van der Waals surface area contributed by atoms with Gasteiger partial charge in [0.1, 0.15) is 4.88 Å². The summed E-state index contributed by atoms with van der Waals surface area (Å²) >= 11 is 2.65. The summed E-state index contributed by atoms with van der Waals surface area (Å²) in [7, 11) is 0. The van der Waals surface area contributed by atoms with E-state index in [0.29, 0.717) is 28.1 Å². The predicted octanol–water partition coefficient (Wildman–Crippen LogP) is 3.38. The van der Waals surface area contributed by atoms with Crippen molar-refractivity contribution >= 4 is 29.1 Å². The molecule has 0 unspecified atom stereocenters. The number of nitrogens with zero attached hydrogens (tertiary/aromatic N) is 2. The lowest BCUT2D eigenvalue weighted by atomic mass is 10.4. The van der Waals surface area contributed by atoms with Crippen LogP contribution in [0.5, 0.6) is 0 Å². The largest absolute Gasteiger partial charge is 0.477 e. The first-order valence-electron chi connectivity index (χ1n) is 5.53. The van der Waals surface area contributed by atoms with Crippen molar-refractivity contribution in [3.05, 3.63) is 40.5 Å². The zero-order chi connectivity index (χ0) is 13.9. The Hall–Kier alpha value is -2.06. The van der Waals surface area contributed by atoms with E-state index in [4.69, 9.17) is 14.0 Å². The van der Waals surface area contributed by atoms with Crippen LogP contribution in [-0.2, 0) is 5.75 Å². The average Bonchev–Trinajstić information content (AvgIpc) is 3.17. The number of carboxylic acids is 1. The van der Waals surface area contributed by atoms with Crippen LogP contribution in [0.15, 0.2) is 43.7 Å². The van der Waals surface area contributed by atoms with Crippen LogP contribution >= 0.6 is 23.1 Å². The molecular formula is C12H8N2O4S2. The summed E-state index contributed by atoms with van der Waals surface area (Å²) in [5.41, 5.74) is 0. The number of aromatic carboxylic acids is 1. The SMILES string of the molecule is O=C(O)c1cc(SCc2noc(-c3ccco3)n2)cs1. The maximum atomic E-state index is 10.8. The molecule has 0 saturated carbocycles. The number of rotatable bonds is 5. The Morgan fingerprint density at radius 1 is 1.50 bits per heavy atom. The molecule has 1 N–H and O–H groups in total. The third kappa shape index (κ3) is 2.75. The lowest BCUT2D eigenvalue weighted by Gasteiger charge is -1.91. The Kier molecular flexibility index (Phi) is 3.57. The molecule has 0 atom stereocenters. The molecule has 3 aromatic heterocycles. The van der Waals surface area contributed by atoms with Gasteiger partial charge in [-0.1, -0.05) is 5.16 Å². The van der Waals surface area contributed by atoms with E-state index in [1.54, 1.807) is 23.6 Å². The standard InChI is InChI=1S/C12H8N2O4S2/c15-12(16)9-4-7(5-20-9)19-6-10-13-11(18-14-10)8-2-1-3-17-8/h1-5H,6H2,(H,15,16). The fourth-order valence-corrected chi connectivity index (χ4v) is 3.18. The van der Waals surface area contributed by atoms with Crippen molar-refractivity contribution in [2.45, 2.75) is 10.6 Å². The van der Waals surface area contributed by atoms with Crippen molar-refractivity contribution < 1.29 is 18.8 Å². The minimum atomic E-state index is -0.915. The maximum Gasteiger partial charge on any atom is 0.345 e. The fourth-order valence-electron chi connectivity index (χ4n) is 1.47. The summed E-state index contributed by atoms with van der Waals surface area (Å²) in [6, 6.07) is 5.11. The zero-order valence-corrected chi connectivity index (χ0v) is 11.6. The molecule has 8 heteroatoms. The summed E-state index contributed by atoms with van der Waals surface area (Å²) in [5.74, 6) is 0.977. The maximum absolute atomic E-state index is 10.8. The number of thiophene rings is 1. The molecule has 0 aliphatic carbocycles. The summed E-state index contributed by atoms with van der Waals surface area (Å²) in [6.07, 6.45) is 1.53. The topological polar surface area (TPSA) is 89.4 Å². The molecule has 0 aliphatic heterocycles. The van der Waals surface area contributed by atoms with Gasteiger partial charge in [-0.2, -0.15) is 4.98 Å². The highest BCUT2D eigenvalue weighted by atomic mass is 32.2. The highest BCUT2D eigenvalue weighted by molar-refractivity contribution is 7.98. The molecule has 102 valence electrons. The van der Waals surface area contributed by atoms with Crippen LogP contribution in [0.2, 0.25) is 0 Å². The van der Waals surface area contributed by atoms with Crippen LogP contribution in [0.25, 0.3) is 11.7 Å². The molecule has 0 radical (unpaired) electrons. The molecule has 0 fully saturated rings. The van der Waals surface area contributed by atoms with E-state index in [0.717, 1.165) is 4.90 Å². The molecule has 0 bridgehead atoms. The lowest BCUT2D eigenvalue weighted by Crippen LogP contribution is -1.89. The normalized spacial score (nSPS) is 10.8. The van der Waals surface area contributed by atoms with Gasteiger partial charge in [0.2, 0.25) is 0 Å². The first-order chi connectivity index (χ1) is 9.72. The van der Waals surface area contributed by atoms with Crippen molar-refractivity contribution in [1.29, 1.82) is 0 Å². The summed E-state index contributed by atoms with van der Waals surface area (Å²) < 4.78 is 10.2. The predicted molar refractivity (Wildman–Crippen MR) is 72.8 cm³/mol. The number of thioether (sulfide) groups is 1. The van der Waals surface area contributed by atoms with Crippen LogP contribution in [-0.4, -0.2) is 21.2 Å². The highest BCUT2D eigenvalue weighted by Crippen LogP contribution is 2.27. The second kappa shape index (κ2) is 5.51. The first-order valence-corrected chi connectivity index (χ1v) is 7.40. The summed E-state index contributed by atoms with van der Waals surface area (Å²) in [6.45, 7) is 0. The van der Waals surface area contributed by atoms with E-state index < -0.39 is 5.97 Å². The zero-order valence-electron chi connectivity index (χ0n) is 9.98. The third-order valence-corrected chi connectivity index (χ3v) is 4.39. The lowest BCUT2D eigenvalue weighted by molar-refractivity contribution is 0.0702. The third-order valence-electron chi connectivity index (χ3n) is 2.35. The molecule has 0 spiro atoms. The van der Waals surface area contributed by atoms with Gasteiger partial charge in [0.25, 0.3) is 5.89 Å².